The lowest BCUT2D eigenvalue weighted by molar-refractivity contribution is 0.0752. The van der Waals surface area contributed by atoms with Crippen molar-refractivity contribution < 1.29 is 9.21 Å². The van der Waals surface area contributed by atoms with Crippen LogP contribution in [0.15, 0.2) is 29.1 Å². The van der Waals surface area contributed by atoms with Crippen molar-refractivity contribution in [2.45, 2.75) is 13.5 Å². The molecular weight excluding hydrogens is 218 g/mol. The Hall–Kier alpha value is -2.04. The number of hydrogen-bond acceptors (Lipinski definition) is 3. The third-order valence-electron chi connectivity index (χ3n) is 2.58. The normalized spacial score (nSPS) is 10.5. The van der Waals surface area contributed by atoms with E-state index in [0.29, 0.717) is 12.3 Å². The van der Waals surface area contributed by atoms with Crippen molar-refractivity contribution in [3.63, 3.8) is 0 Å². The summed E-state index contributed by atoms with van der Waals surface area (Å²) in [5, 5.41) is 4.06. The summed E-state index contributed by atoms with van der Waals surface area (Å²) in [5.74, 6) is 0.285. The van der Waals surface area contributed by atoms with E-state index in [1.54, 1.807) is 28.9 Å². The number of rotatable bonds is 3. The lowest BCUT2D eigenvalue weighted by Gasteiger charge is -2.14. The number of nitrogens with zero attached hydrogens (tertiary/aromatic N) is 3. The van der Waals surface area contributed by atoms with Crippen molar-refractivity contribution in [3.8, 4) is 0 Å². The molecule has 5 heteroatoms. The molecule has 2 rings (SSSR count). The summed E-state index contributed by atoms with van der Waals surface area (Å²) in [6.07, 6.45) is 5.16. The minimum absolute atomic E-state index is 0.114. The van der Waals surface area contributed by atoms with Crippen molar-refractivity contribution in [1.82, 2.24) is 14.7 Å². The van der Waals surface area contributed by atoms with Gasteiger partial charge in [-0.3, -0.25) is 9.48 Å². The number of carbonyl (C=O) groups excluding carboxylic acids is 1. The Kier molecular flexibility index (Phi) is 2.99. The number of aromatic nitrogens is 2. The highest BCUT2D eigenvalue weighted by atomic mass is 16.3. The molecule has 5 nitrogen and oxygen atoms in total. The third kappa shape index (κ3) is 2.38. The Bertz CT molecular complexity index is 527. The predicted molar refractivity (Wildman–Crippen MR) is 62.5 cm³/mol. The molecule has 0 spiro atoms. The van der Waals surface area contributed by atoms with Gasteiger partial charge in [0.15, 0.2) is 5.76 Å². The van der Waals surface area contributed by atoms with E-state index in [9.17, 15) is 4.79 Å². The molecule has 2 heterocycles. The minimum atomic E-state index is -0.114. The van der Waals surface area contributed by atoms with Crippen LogP contribution in [0.1, 0.15) is 21.7 Å². The van der Waals surface area contributed by atoms with E-state index in [0.717, 1.165) is 11.1 Å². The van der Waals surface area contributed by atoms with Gasteiger partial charge < -0.3 is 9.32 Å². The zero-order valence-electron chi connectivity index (χ0n) is 10.2. The van der Waals surface area contributed by atoms with Crippen LogP contribution in [0.5, 0.6) is 0 Å². The second-order valence-corrected chi connectivity index (χ2v) is 4.12. The smallest absolute Gasteiger partial charge is 0.289 e. The maximum Gasteiger partial charge on any atom is 0.289 e. The van der Waals surface area contributed by atoms with E-state index >= 15 is 0 Å². The standard InChI is InChI=1S/C12H15N3O2/c1-9-4-5-17-11(9)12(16)14(2)7-10-6-13-15(3)8-10/h4-6,8H,7H2,1-3H3. The molecule has 0 bridgehead atoms. The van der Waals surface area contributed by atoms with Gasteiger partial charge >= 0.3 is 0 Å². The molecule has 0 radical (unpaired) electrons. The average molecular weight is 233 g/mol. The number of aryl methyl sites for hydroxylation is 2. The lowest BCUT2D eigenvalue weighted by Crippen LogP contribution is -2.26. The highest BCUT2D eigenvalue weighted by molar-refractivity contribution is 5.92. The zero-order chi connectivity index (χ0) is 12.4. The Labute approximate surface area is 99.6 Å². The number of hydrogen-bond donors (Lipinski definition) is 0. The van der Waals surface area contributed by atoms with Gasteiger partial charge in [0.25, 0.3) is 5.91 Å². The molecule has 0 saturated carbocycles. The Morgan fingerprint density at radius 1 is 1.59 bits per heavy atom. The molecule has 0 aromatic carbocycles. The molecule has 0 aliphatic carbocycles. The Balaban J connectivity index is 2.08. The van der Waals surface area contributed by atoms with Crippen LogP contribution in [0, 0.1) is 6.92 Å². The highest BCUT2D eigenvalue weighted by Gasteiger charge is 2.17. The summed E-state index contributed by atoms with van der Waals surface area (Å²) >= 11 is 0. The maximum absolute atomic E-state index is 12.0. The summed E-state index contributed by atoms with van der Waals surface area (Å²) in [6.45, 7) is 2.38. The SMILES string of the molecule is Cc1ccoc1C(=O)N(C)Cc1cnn(C)c1. The molecule has 90 valence electrons. The van der Waals surface area contributed by atoms with Gasteiger partial charge in [0.05, 0.1) is 12.5 Å². The first-order chi connectivity index (χ1) is 8.08. The van der Waals surface area contributed by atoms with Gasteiger partial charge in [-0.25, -0.2) is 0 Å². The second kappa shape index (κ2) is 4.45. The third-order valence-corrected chi connectivity index (χ3v) is 2.58. The molecule has 0 N–H and O–H groups in total. The highest BCUT2D eigenvalue weighted by Crippen LogP contribution is 2.12. The van der Waals surface area contributed by atoms with Crippen LogP contribution in [-0.2, 0) is 13.6 Å². The topological polar surface area (TPSA) is 51.3 Å². The van der Waals surface area contributed by atoms with Gasteiger partial charge in [0, 0.05) is 38.0 Å². The summed E-state index contributed by atoms with van der Waals surface area (Å²) in [6, 6.07) is 1.78. The number of amides is 1. The molecule has 1 amide bonds. The molecule has 17 heavy (non-hydrogen) atoms. The van der Waals surface area contributed by atoms with Crippen molar-refractivity contribution in [2.75, 3.05) is 7.05 Å². The van der Waals surface area contributed by atoms with Crippen LogP contribution in [-0.4, -0.2) is 27.6 Å². The molecule has 0 fully saturated rings. The van der Waals surface area contributed by atoms with Crippen LogP contribution < -0.4 is 0 Å². The molecule has 2 aromatic heterocycles. The Morgan fingerprint density at radius 2 is 2.35 bits per heavy atom. The molecular formula is C12H15N3O2. The monoisotopic (exact) mass is 233 g/mol. The molecule has 0 saturated heterocycles. The van der Waals surface area contributed by atoms with Gasteiger partial charge in [-0.05, 0) is 13.0 Å². The number of carbonyl (C=O) groups is 1. The lowest BCUT2D eigenvalue weighted by atomic mass is 10.2. The second-order valence-electron chi connectivity index (χ2n) is 4.12. The maximum atomic E-state index is 12.0. The number of furan rings is 1. The van der Waals surface area contributed by atoms with Crippen LogP contribution in [0.4, 0.5) is 0 Å². The van der Waals surface area contributed by atoms with E-state index in [1.165, 1.54) is 6.26 Å². The Morgan fingerprint density at radius 3 is 2.88 bits per heavy atom. The van der Waals surface area contributed by atoms with Crippen molar-refractivity contribution >= 4 is 5.91 Å². The predicted octanol–water partition coefficient (Wildman–Crippen LogP) is 1.59. The average Bonchev–Trinajstić information content (AvgIpc) is 2.86. The van der Waals surface area contributed by atoms with E-state index in [-0.39, 0.29) is 5.91 Å². The fourth-order valence-corrected chi connectivity index (χ4v) is 1.66. The van der Waals surface area contributed by atoms with Gasteiger partial charge in [-0.15, -0.1) is 0 Å². The van der Waals surface area contributed by atoms with Crippen LogP contribution in [0.3, 0.4) is 0 Å². The summed E-state index contributed by atoms with van der Waals surface area (Å²) in [5.41, 5.74) is 1.85. The summed E-state index contributed by atoms with van der Waals surface area (Å²) < 4.78 is 6.89. The fraction of sp³-hybridized carbons (Fsp3) is 0.333. The quantitative estimate of drug-likeness (QED) is 0.809. The molecule has 0 unspecified atom stereocenters. The van der Waals surface area contributed by atoms with Gasteiger partial charge in [0.2, 0.25) is 0 Å². The van der Waals surface area contributed by atoms with E-state index in [2.05, 4.69) is 5.10 Å². The van der Waals surface area contributed by atoms with E-state index in [4.69, 9.17) is 4.42 Å². The van der Waals surface area contributed by atoms with Crippen LogP contribution in [0.25, 0.3) is 0 Å². The van der Waals surface area contributed by atoms with Crippen LogP contribution >= 0.6 is 0 Å². The fourth-order valence-electron chi connectivity index (χ4n) is 1.66. The van der Waals surface area contributed by atoms with Crippen molar-refractivity contribution in [2.24, 2.45) is 7.05 Å². The summed E-state index contributed by atoms with van der Waals surface area (Å²) in [7, 11) is 3.60. The molecule has 0 aliphatic rings. The largest absolute Gasteiger partial charge is 0.459 e. The summed E-state index contributed by atoms with van der Waals surface area (Å²) in [4.78, 5) is 13.7. The molecule has 2 aromatic rings. The molecule has 0 aliphatic heterocycles. The van der Waals surface area contributed by atoms with E-state index in [1.807, 2.05) is 20.2 Å². The first kappa shape index (κ1) is 11.4. The molecule has 0 atom stereocenters. The van der Waals surface area contributed by atoms with Crippen LogP contribution in [0.2, 0.25) is 0 Å². The van der Waals surface area contributed by atoms with Crippen molar-refractivity contribution in [1.29, 1.82) is 0 Å². The van der Waals surface area contributed by atoms with Gasteiger partial charge in [-0.1, -0.05) is 0 Å². The zero-order valence-corrected chi connectivity index (χ0v) is 10.2. The van der Waals surface area contributed by atoms with E-state index < -0.39 is 0 Å². The first-order valence-electron chi connectivity index (χ1n) is 5.35. The van der Waals surface area contributed by atoms with Crippen molar-refractivity contribution in [3.05, 3.63) is 41.6 Å². The minimum Gasteiger partial charge on any atom is -0.459 e. The van der Waals surface area contributed by atoms with Gasteiger partial charge in [0.1, 0.15) is 0 Å². The van der Waals surface area contributed by atoms with Gasteiger partial charge in [-0.2, -0.15) is 5.10 Å². The first-order valence-corrected chi connectivity index (χ1v) is 5.35.